The Morgan fingerprint density at radius 3 is 1.50 bits per heavy atom. The third-order valence-corrected chi connectivity index (χ3v) is 1.21. The van der Waals surface area contributed by atoms with Crippen molar-refractivity contribution in [3.05, 3.63) is 0 Å². The van der Waals surface area contributed by atoms with E-state index in [1.807, 2.05) is 6.92 Å². The van der Waals surface area contributed by atoms with E-state index in [9.17, 15) is 9.59 Å². The largest absolute Gasteiger partial charge is 0.283 e. The summed E-state index contributed by atoms with van der Waals surface area (Å²) in [7, 11) is 0. The molecule has 3 heteroatoms. The molecule has 0 bridgehead atoms. The normalized spacial score (nSPS) is 7.58. The second-order valence-corrected chi connectivity index (χ2v) is 2.19. The van der Waals surface area contributed by atoms with Gasteiger partial charge in [-0.15, -0.1) is 0 Å². The molecule has 0 aromatic carbocycles. The summed E-state index contributed by atoms with van der Waals surface area (Å²) in [6.45, 7) is 5.26. The van der Waals surface area contributed by atoms with Gasteiger partial charge in [0.05, 0.1) is 0 Å². The van der Waals surface area contributed by atoms with Crippen LogP contribution in [0.1, 0.15) is 42.0 Å². The van der Waals surface area contributed by atoms with Crippen LogP contribution >= 0.6 is 0 Å². The van der Waals surface area contributed by atoms with Crippen molar-refractivity contribution in [3.63, 3.8) is 0 Å². The Morgan fingerprint density at radius 2 is 1.42 bits per heavy atom. The lowest BCUT2D eigenvalue weighted by atomic mass is 10.4. The first kappa shape index (κ1) is 17.3. The van der Waals surface area contributed by atoms with Crippen molar-refractivity contribution < 1.29 is 9.59 Å². The zero-order chi connectivity index (χ0) is 8.15. The van der Waals surface area contributed by atoms with E-state index in [4.69, 9.17) is 0 Å². The highest BCUT2D eigenvalue weighted by Gasteiger charge is 2.10. The highest BCUT2D eigenvalue weighted by Crippen LogP contribution is 1.92. The molecule has 0 atom stereocenters. The second-order valence-electron chi connectivity index (χ2n) is 2.19. The second kappa shape index (κ2) is 8.24. The lowest BCUT2D eigenvalue weighted by Crippen LogP contribution is -2.33. The number of hydrogen-bond acceptors (Lipinski definition) is 2. The Morgan fingerprint density at radius 1 is 1.08 bits per heavy atom. The maximum Gasteiger partial charge on any atom is 0.226 e. The summed E-state index contributed by atoms with van der Waals surface area (Å²) in [6, 6.07) is 0. The van der Waals surface area contributed by atoms with Gasteiger partial charge in [0.25, 0.3) is 0 Å². The molecule has 74 valence electrons. The summed E-state index contributed by atoms with van der Waals surface area (Å²) >= 11 is 0. The number of nitrogens with zero attached hydrogens (tertiary/aromatic N) is 1. The van der Waals surface area contributed by atoms with Crippen molar-refractivity contribution in [2.24, 2.45) is 0 Å². The number of carbonyl (C=O) groups is 2. The van der Waals surface area contributed by atoms with E-state index >= 15 is 0 Å². The van der Waals surface area contributed by atoms with Crippen molar-refractivity contribution >= 4 is 11.8 Å². The van der Waals surface area contributed by atoms with Gasteiger partial charge in [0.2, 0.25) is 11.8 Å². The minimum absolute atomic E-state index is 0. The molecule has 0 N–H and O–H groups in total. The molecular weight excluding hydrogens is 154 g/mol. The smallest absolute Gasteiger partial charge is 0.226 e. The van der Waals surface area contributed by atoms with E-state index in [0.717, 1.165) is 6.42 Å². The fourth-order valence-electron chi connectivity index (χ4n) is 0.760. The summed E-state index contributed by atoms with van der Waals surface area (Å²) in [5, 5.41) is 0. The molecule has 0 aromatic rings. The van der Waals surface area contributed by atoms with Crippen molar-refractivity contribution in [1.82, 2.24) is 4.90 Å². The van der Waals surface area contributed by atoms with E-state index in [1.165, 1.54) is 18.7 Å². The lowest BCUT2D eigenvalue weighted by Gasteiger charge is -2.14. The van der Waals surface area contributed by atoms with Crippen LogP contribution in [0.15, 0.2) is 0 Å². The molecule has 0 aliphatic carbocycles. The highest BCUT2D eigenvalue weighted by atomic mass is 16.2. The monoisotopic (exact) mass is 175 g/mol. The average molecular weight is 175 g/mol. The predicted molar refractivity (Wildman–Crippen MR) is 51.8 cm³/mol. The van der Waals surface area contributed by atoms with Crippen molar-refractivity contribution in [3.8, 4) is 0 Å². The molecule has 12 heavy (non-hydrogen) atoms. The van der Waals surface area contributed by atoms with Crippen LogP contribution < -0.4 is 0 Å². The molecule has 0 saturated heterocycles. The molecule has 0 fully saturated rings. The molecule has 0 unspecified atom stereocenters. The summed E-state index contributed by atoms with van der Waals surface area (Å²) in [5.74, 6) is -0.344. The van der Waals surface area contributed by atoms with Crippen LogP contribution in [0.25, 0.3) is 0 Å². The molecule has 0 rings (SSSR count). The van der Waals surface area contributed by atoms with Gasteiger partial charge in [-0.1, -0.05) is 21.8 Å². The molecule has 0 saturated carbocycles. The van der Waals surface area contributed by atoms with Gasteiger partial charge in [0, 0.05) is 20.4 Å². The van der Waals surface area contributed by atoms with Crippen molar-refractivity contribution in [1.29, 1.82) is 0 Å². The zero-order valence-electron chi connectivity index (χ0n) is 6.68. The van der Waals surface area contributed by atoms with Gasteiger partial charge >= 0.3 is 0 Å². The SMILES string of the molecule is C.C.CCCN(C(C)=O)C(C)=O. The molecule has 0 spiro atoms. The molecule has 0 radical (unpaired) electrons. The summed E-state index contributed by atoms with van der Waals surface area (Å²) in [5.41, 5.74) is 0. The molecule has 2 amide bonds. The quantitative estimate of drug-likeness (QED) is 0.644. The fraction of sp³-hybridized carbons (Fsp3) is 0.778. The predicted octanol–water partition coefficient (Wildman–Crippen LogP) is 2.06. The fourth-order valence-corrected chi connectivity index (χ4v) is 0.760. The van der Waals surface area contributed by atoms with Crippen LogP contribution in [0, 0.1) is 0 Å². The Bertz CT molecular complexity index is 129. The van der Waals surface area contributed by atoms with Gasteiger partial charge in [-0.2, -0.15) is 0 Å². The first-order valence-electron chi connectivity index (χ1n) is 3.38. The van der Waals surface area contributed by atoms with Crippen LogP contribution in [0.3, 0.4) is 0 Å². The van der Waals surface area contributed by atoms with Gasteiger partial charge in [0.15, 0.2) is 0 Å². The summed E-state index contributed by atoms with van der Waals surface area (Å²) < 4.78 is 0. The maximum atomic E-state index is 10.7. The van der Waals surface area contributed by atoms with Crippen molar-refractivity contribution in [2.75, 3.05) is 6.54 Å². The standard InChI is InChI=1S/C7H13NO2.2CH4/c1-4-5-8(6(2)9)7(3)10;;/h4-5H2,1-3H3;2*1H4. The number of rotatable bonds is 2. The topological polar surface area (TPSA) is 37.4 Å². The molecule has 0 aliphatic heterocycles. The molecular formula is C9H21NO2. The Balaban J connectivity index is -0.000000405. The first-order chi connectivity index (χ1) is 4.59. The summed E-state index contributed by atoms with van der Waals surface area (Å²) in [6.07, 6.45) is 0.819. The van der Waals surface area contributed by atoms with Gasteiger partial charge in [-0.25, -0.2) is 0 Å². The van der Waals surface area contributed by atoms with E-state index in [2.05, 4.69) is 0 Å². The molecule has 0 aromatic heterocycles. The lowest BCUT2D eigenvalue weighted by molar-refractivity contribution is -0.142. The number of carbonyl (C=O) groups excluding carboxylic acids is 2. The third kappa shape index (κ3) is 5.89. The van der Waals surface area contributed by atoms with Crippen LogP contribution in [0.5, 0.6) is 0 Å². The van der Waals surface area contributed by atoms with Crippen molar-refractivity contribution in [2.45, 2.75) is 42.0 Å². The Labute approximate surface area is 75.8 Å². The van der Waals surface area contributed by atoms with Crippen LogP contribution in [0.2, 0.25) is 0 Å². The van der Waals surface area contributed by atoms with Gasteiger partial charge in [-0.05, 0) is 6.42 Å². The highest BCUT2D eigenvalue weighted by molar-refractivity contribution is 5.92. The molecule has 0 aliphatic rings. The minimum atomic E-state index is -0.172. The summed E-state index contributed by atoms with van der Waals surface area (Å²) in [4.78, 5) is 22.6. The van der Waals surface area contributed by atoms with Gasteiger partial charge in [0.1, 0.15) is 0 Å². The molecule has 0 heterocycles. The van der Waals surface area contributed by atoms with E-state index in [0.29, 0.717) is 6.54 Å². The third-order valence-electron chi connectivity index (χ3n) is 1.21. The first-order valence-corrected chi connectivity index (χ1v) is 3.38. The van der Waals surface area contributed by atoms with Gasteiger partial charge in [-0.3, -0.25) is 14.5 Å². The number of imide groups is 1. The average Bonchev–Trinajstić information content (AvgIpc) is 1.81. The van der Waals surface area contributed by atoms with Gasteiger partial charge < -0.3 is 0 Å². The number of hydrogen-bond donors (Lipinski definition) is 0. The minimum Gasteiger partial charge on any atom is -0.283 e. The van der Waals surface area contributed by atoms with Crippen LogP contribution in [-0.2, 0) is 9.59 Å². The van der Waals surface area contributed by atoms with E-state index in [-0.39, 0.29) is 26.7 Å². The Kier molecular flexibility index (Phi) is 11.9. The Hall–Kier alpha value is -0.860. The van der Waals surface area contributed by atoms with Crippen LogP contribution in [0.4, 0.5) is 0 Å². The molecule has 3 nitrogen and oxygen atoms in total. The van der Waals surface area contributed by atoms with Crippen LogP contribution in [-0.4, -0.2) is 23.3 Å². The van der Waals surface area contributed by atoms with E-state index in [1.54, 1.807) is 0 Å². The maximum absolute atomic E-state index is 10.7. The van der Waals surface area contributed by atoms with E-state index < -0.39 is 0 Å². The zero-order valence-corrected chi connectivity index (χ0v) is 6.68. The number of amides is 2.